The highest BCUT2D eigenvalue weighted by Crippen LogP contribution is 2.26. The van der Waals surface area contributed by atoms with Crippen LogP contribution in [0.25, 0.3) is 0 Å². The summed E-state index contributed by atoms with van der Waals surface area (Å²) < 4.78 is 11.2. The van der Waals surface area contributed by atoms with Crippen LogP contribution in [0.1, 0.15) is 6.92 Å². The third-order valence-corrected chi connectivity index (χ3v) is 5.28. The predicted molar refractivity (Wildman–Crippen MR) is 110 cm³/mol. The summed E-state index contributed by atoms with van der Waals surface area (Å²) in [5.74, 6) is 2.36. The number of ether oxygens (including phenoxy) is 2. The minimum absolute atomic E-state index is 0.255. The van der Waals surface area contributed by atoms with Crippen molar-refractivity contribution in [3.8, 4) is 11.5 Å². The van der Waals surface area contributed by atoms with Crippen LogP contribution in [0.15, 0.2) is 40.8 Å². The molecule has 1 unspecified atom stereocenters. The minimum Gasteiger partial charge on any atom is -0.493 e. The molecule has 7 nitrogen and oxygen atoms in total. The molecule has 2 aromatic rings. The first-order chi connectivity index (χ1) is 13.2. The average molecular weight is 390 g/mol. The number of anilines is 1. The Morgan fingerprint density at radius 1 is 1.26 bits per heavy atom. The van der Waals surface area contributed by atoms with Crippen molar-refractivity contribution in [2.24, 2.45) is 16.6 Å². The Morgan fingerprint density at radius 2 is 2.00 bits per heavy atom. The fraction of sp³-hybridized carbons (Fsp3) is 0.474. The van der Waals surface area contributed by atoms with Gasteiger partial charge in [-0.2, -0.15) is 0 Å². The average Bonchev–Trinajstić information content (AvgIpc) is 3.25. The van der Waals surface area contributed by atoms with Crippen LogP contribution in [-0.2, 0) is 0 Å². The van der Waals surface area contributed by atoms with Gasteiger partial charge in [-0.15, -0.1) is 11.3 Å². The quantitative estimate of drug-likeness (QED) is 0.578. The van der Waals surface area contributed by atoms with E-state index in [4.69, 9.17) is 15.2 Å². The first-order valence-electron chi connectivity index (χ1n) is 9.12. The number of aliphatic imine (C=N–C) groups is 1. The molecule has 27 heavy (non-hydrogen) atoms. The van der Waals surface area contributed by atoms with Crippen molar-refractivity contribution in [3.05, 3.63) is 35.8 Å². The Morgan fingerprint density at radius 3 is 2.67 bits per heavy atom. The van der Waals surface area contributed by atoms with Crippen LogP contribution in [0.3, 0.4) is 0 Å². The number of piperazine rings is 1. The van der Waals surface area contributed by atoms with Crippen molar-refractivity contribution in [2.75, 3.05) is 51.3 Å². The Bertz CT molecular complexity index is 729. The number of hydrogen-bond donors (Lipinski definition) is 1. The lowest BCUT2D eigenvalue weighted by atomic mass is 10.2. The first-order valence-corrected chi connectivity index (χ1v) is 10.0. The number of guanidine groups is 1. The van der Waals surface area contributed by atoms with Gasteiger partial charge in [0.2, 0.25) is 0 Å². The summed E-state index contributed by atoms with van der Waals surface area (Å²) in [6, 6.07) is 7.66. The molecule has 1 aromatic heterocycles. The lowest BCUT2D eigenvalue weighted by Gasteiger charge is -2.35. The fourth-order valence-corrected chi connectivity index (χ4v) is 3.57. The van der Waals surface area contributed by atoms with E-state index in [1.54, 1.807) is 18.4 Å². The molecule has 2 heterocycles. The summed E-state index contributed by atoms with van der Waals surface area (Å²) in [5.41, 5.74) is 6.20. The smallest absolute Gasteiger partial charge is 0.191 e. The van der Waals surface area contributed by atoms with Gasteiger partial charge in [0.15, 0.2) is 22.6 Å². The summed E-state index contributed by atoms with van der Waals surface area (Å²) in [6.45, 7) is 6.85. The van der Waals surface area contributed by atoms with Crippen molar-refractivity contribution in [1.29, 1.82) is 0 Å². The third-order valence-electron chi connectivity index (χ3n) is 4.45. The summed E-state index contributed by atoms with van der Waals surface area (Å²) in [6.07, 6.45) is 1.84. The number of nitrogens with zero attached hydrogens (tertiary/aromatic N) is 4. The van der Waals surface area contributed by atoms with Crippen LogP contribution in [0.4, 0.5) is 5.13 Å². The summed E-state index contributed by atoms with van der Waals surface area (Å²) in [5, 5.41) is 3.08. The molecule has 0 radical (unpaired) electrons. The van der Waals surface area contributed by atoms with Gasteiger partial charge in [-0.25, -0.2) is 4.98 Å². The third kappa shape index (κ3) is 5.26. The van der Waals surface area contributed by atoms with Crippen molar-refractivity contribution in [2.45, 2.75) is 6.92 Å². The molecule has 1 aromatic carbocycles. The SMILES string of the molecule is COc1ccccc1OCC(C)CN=C(N)N1CCN(c2nccs2)CC1. The van der Waals surface area contributed by atoms with Crippen molar-refractivity contribution < 1.29 is 9.47 Å². The first kappa shape index (κ1) is 19.3. The molecular formula is C19H27N5O2S. The molecular weight excluding hydrogens is 362 g/mol. The number of hydrogen-bond acceptors (Lipinski definition) is 6. The van der Waals surface area contributed by atoms with E-state index in [-0.39, 0.29) is 5.92 Å². The normalized spacial score (nSPS) is 16.3. The molecule has 0 spiro atoms. The van der Waals surface area contributed by atoms with Gasteiger partial charge in [0, 0.05) is 50.2 Å². The van der Waals surface area contributed by atoms with Crippen LogP contribution in [0.5, 0.6) is 11.5 Å². The number of rotatable bonds is 7. The summed E-state index contributed by atoms with van der Waals surface area (Å²) in [7, 11) is 1.64. The lowest BCUT2D eigenvalue weighted by molar-refractivity contribution is 0.250. The number of benzene rings is 1. The van der Waals surface area contributed by atoms with Crippen LogP contribution in [-0.4, -0.2) is 62.3 Å². The zero-order valence-corrected chi connectivity index (χ0v) is 16.7. The molecule has 1 saturated heterocycles. The number of methoxy groups -OCH3 is 1. The van der Waals surface area contributed by atoms with E-state index < -0.39 is 0 Å². The molecule has 0 saturated carbocycles. The Labute approximate surface area is 164 Å². The molecule has 0 amide bonds. The van der Waals surface area contributed by atoms with Crippen LogP contribution in [0, 0.1) is 5.92 Å². The standard InChI is InChI=1S/C19H27N5O2S/c1-15(14-26-17-6-4-3-5-16(17)25-2)13-22-18(20)23-8-10-24(11-9-23)19-21-7-12-27-19/h3-7,12,15H,8-11,13-14H2,1-2H3,(H2,20,22). The van der Waals surface area contributed by atoms with Gasteiger partial charge in [0.05, 0.1) is 13.7 Å². The van der Waals surface area contributed by atoms with E-state index in [1.807, 2.05) is 35.8 Å². The number of nitrogens with two attached hydrogens (primary N) is 1. The highest BCUT2D eigenvalue weighted by Gasteiger charge is 2.20. The zero-order valence-electron chi connectivity index (χ0n) is 15.9. The van der Waals surface area contributed by atoms with Gasteiger partial charge in [-0.05, 0) is 12.1 Å². The van der Waals surface area contributed by atoms with Gasteiger partial charge in [0.1, 0.15) is 0 Å². The maximum atomic E-state index is 6.20. The van der Waals surface area contributed by atoms with E-state index in [1.165, 1.54) is 0 Å². The van der Waals surface area contributed by atoms with E-state index >= 15 is 0 Å². The van der Waals surface area contributed by atoms with E-state index in [9.17, 15) is 0 Å². The Kier molecular flexibility index (Phi) is 6.75. The van der Waals surface area contributed by atoms with Crippen LogP contribution < -0.4 is 20.1 Å². The Hall–Kier alpha value is -2.48. The predicted octanol–water partition coefficient (Wildman–Crippen LogP) is 2.30. The molecule has 1 aliphatic rings. The molecule has 1 fully saturated rings. The molecule has 8 heteroatoms. The molecule has 1 atom stereocenters. The minimum atomic E-state index is 0.255. The monoisotopic (exact) mass is 389 g/mol. The highest BCUT2D eigenvalue weighted by molar-refractivity contribution is 7.13. The largest absolute Gasteiger partial charge is 0.493 e. The number of aromatic nitrogens is 1. The number of para-hydroxylation sites is 2. The topological polar surface area (TPSA) is 76.2 Å². The second-order valence-corrected chi connectivity index (χ2v) is 7.43. The van der Waals surface area contributed by atoms with Crippen LogP contribution >= 0.6 is 11.3 Å². The molecule has 2 N–H and O–H groups in total. The van der Waals surface area contributed by atoms with Gasteiger partial charge >= 0.3 is 0 Å². The number of thiazole rings is 1. The van der Waals surface area contributed by atoms with E-state index in [0.717, 1.165) is 42.8 Å². The van der Waals surface area contributed by atoms with Crippen molar-refractivity contribution >= 4 is 22.4 Å². The molecule has 146 valence electrons. The van der Waals surface area contributed by atoms with Gasteiger partial charge in [-0.1, -0.05) is 19.1 Å². The lowest BCUT2D eigenvalue weighted by Crippen LogP contribution is -2.51. The van der Waals surface area contributed by atoms with Crippen molar-refractivity contribution in [3.63, 3.8) is 0 Å². The second-order valence-electron chi connectivity index (χ2n) is 6.55. The van der Waals surface area contributed by atoms with Gasteiger partial charge in [-0.3, -0.25) is 4.99 Å². The highest BCUT2D eigenvalue weighted by atomic mass is 32.1. The maximum Gasteiger partial charge on any atom is 0.191 e. The molecule has 1 aliphatic heterocycles. The van der Waals surface area contributed by atoms with Gasteiger partial charge in [0.25, 0.3) is 0 Å². The molecule has 0 bridgehead atoms. The van der Waals surface area contributed by atoms with Crippen LogP contribution in [0.2, 0.25) is 0 Å². The summed E-state index contributed by atoms with van der Waals surface area (Å²) >= 11 is 1.67. The second kappa shape index (κ2) is 9.45. The zero-order chi connectivity index (χ0) is 19.1. The van der Waals surface area contributed by atoms with Crippen molar-refractivity contribution in [1.82, 2.24) is 9.88 Å². The summed E-state index contributed by atoms with van der Waals surface area (Å²) in [4.78, 5) is 13.4. The molecule has 3 rings (SSSR count). The van der Waals surface area contributed by atoms with E-state index in [0.29, 0.717) is 19.1 Å². The fourth-order valence-electron chi connectivity index (χ4n) is 2.87. The van der Waals surface area contributed by atoms with E-state index in [2.05, 4.69) is 26.7 Å². The van der Waals surface area contributed by atoms with Gasteiger partial charge < -0.3 is 25.0 Å². The Balaban J connectivity index is 1.43. The maximum absolute atomic E-state index is 6.20. The molecule has 0 aliphatic carbocycles.